The normalized spacial score (nSPS) is 20.8. The molecule has 0 saturated carbocycles. The van der Waals surface area contributed by atoms with E-state index in [4.69, 9.17) is 4.74 Å². The van der Waals surface area contributed by atoms with E-state index >= 15 is 0 Å². The number of esters is 2. The molecule has 34 heavy (non-hydrogen) atoms. The fourth-order valence-corrected chi connectivity index (χ4v) is 2.71. The number of carbonyl (C=O) groups excluding carboxylic acids is 4. The second kappa shape index (κ2) is 24.4. The Labute approximate surface area is 223 Å². The summed E-state index contributed by atoms with van der Waals surface area (Å²) in [6, 6.07) is 0. The molecule has 194 valence electrons. The van der Waals surface area contributed by atoms with E-state index in [0.29, 0.717) is 26.1 Å². The molecule has 0 fully saturated rings. The molecule has 0 aliphatic heterocycles. The standard InChI is InChI=1S/C13H20O3.C8H12O2.C5H8O.HIS/c1-4-16-12(15)8-11-7-5-6-10(2)13(11,3)9-14;1-3-5-6-7-8(9)10-4-2;1-3-5(2)4-6;1-2/h5,7,9-11H,4,6,8H2,1-3H3;3,5-6H,1,4,7H2,2H3;3-4H,1-2H3;2H/b;6-5+;5-3+;/t10-,11+,13+;;;/m1.../s1. The minimum atomic E-state index is -0.443. The highest BCUT2D eigenvalue weighted by Gasteiger charge is 2.40. The maximum atomic E-state index is 11.4. The molecule has 0 heterocycles. The third-order valence-corrected chi connectivity index (χ3v) is 5.17. The van der Waals surface area contributed by atoms with Crippen LogP contribution in [0.1, 0.15) is 60.8 Å². The van der Waals surface area contributed by atoms with Gasteiger partial charge in [0.05, 0.1) is 26.1 Å². The van der Waals surface area contributed by atoms with Crippen LogP contribution in [0.25, 0.3) is 0 Å². The molecule has 0 saturated heterocycles. The smallest absolute Gasteiger partial charge is 0.309 e. The summed E-state index contributed by atoms with van der Waals surface area (Å²) in [5.41, 5.74) is 0.344. The van der Waals surface area contributed by atoms with E-state index in [1.165, 1.54) is 0 Å². The summed E-state index contributed by atoms with van der Waals surface area (Å²) in [4.78, 5) is 43.0. The lowest BCUT2D eigenvalue weighted by molar-refractivity contribution is -0.145. The molecule has 0 bridgehead atoms. The van der Waals surface area contributed by atoms with Gasteiger partial charge in [0.25, 0.3) is 0 Å². The summed E-state index contributed by atoms with van der Waals surface area (Å²) in [5, 5.41) is 0. The highest BCUT2D eigenvalue weighted by Crippen LogP contribution is 2.41. The van der Waals surface area contributed by atoms with Gasteiger partial charge < -0.3 is 14.3 Å². The topological polar surface area (TPSA) is 86.7 Å². The molecule has 0 unspecified atom stereocenters. The van der Waals surface area contributed by atoms with Gasteiger partial charge in [-0.2, -0.15) is 0 Å². The lowest BCUT2D eigenvalue weighted by Crippen LogP contribution is -2.38. The monoisotopic (exact) mass is 608 g/mol. The number of hydrogen-bond donors (Lipinski definition) is 1. The van der Waals surface area contributed by atoms with Crippen molar-refractivity contribution in [3.8, 4) is 0 Å². The number of hydrogen-bond acceptors (Lipinski definition) is 7. The first-order chi connectivity index (χ1) is 16.2. The van der Waals surface area contributed by atoms with Crippen LogP contribution in [-0.4, -0.2) is 37.7 Å². The molecule has 0 N–H and O–H groups in total. The molecule has 1 aliphatic rings. The van der Waals surface area contributed by atoms with E-state index in [2.05, 4.69) is 34.1 Å². The molecule has 6 nitrogen and oxygen atoms in total. The van der Waals surface area contributed by atoms with E-state index < -0.39 is 5.41 Å². The maximum absolute atomic E-state index is 11.4. The summed E-state index contributed by atoms with van der Waals surface area (Å²) >= 11 is 1.84. The van der Waals surface area contributed by atoms with Crippen molar-refractivity contribution in [2.75, 3.05) is 13.2 Å². The van der Waals surface area contributed by atoms with Crippen LogP contribution in [0, 0.1) is 17.3 Å². The van der Waals surface area contributed by atoms with Crippen molar-refractivity contribution < 1.29 is 28.7 Å². The first-order valence-electron chi connectivity index (χ1n) is 11.1. The van der Waals surface area contributed by atoms with Crippen molar-refractivity contribution in [1.82, 2.24) is 0 Å². The first kappa shape index (κ1) is 36.9. The molecule has 0 aromatic rings. The van der Waals surface area contributed by atoms with Gasteiger partial charge in [0.2, 0.25) is 0 Å². The maximum Gasteiger partial charge on any atom is 0.309 e. The number of ether oxygens (including phenoxy) is 2. The van der Waals surface area contributed by atoms with E-state index in [1.54, 1.807) is 45.1 Å². The Kier molecular flexibility index (Phi) is 26.5. The molecule has 3 atom stereocenters. The quantitative estimate of drug-likeness (QED) is 0.0616. The van der Waals surface area contributed by atoms with Gasteiger partial charge in [0.1, 0.15) is 12.6 Å². The van der Waals surface area contributed by atoms with Crippen LogP contribution in [0.3, 0.4) is 0 Å². The predicted molar refractivity (Wildman–Crippen MR) is 151 cm³/mol. The number of aldehydes is 2. The van der Waals surface area contributed by atoms with Gasteiger partial charge in [0.15, 0.2) is 0 Å². The van der Waals surface area contributed by atoms with Crippen LogP contribution in [0.15, 0.2) is 48.6 Å². The van der Waals surface area contributed by atoms with Crippen molar-refractivity contribution in [1.29, 1.82) is 0 Å². The first-order valence-corrected chi connectivity index (χ1v) is 14.4. The van der Waals surface area contributed by atoms with Crippen LogP contribution >= 0.6 is 31.0 Å². The molecule has 0 aromatic heterocycles. The third kappa shape index (κ3) is 17.8. The molecule has 1 aliphatic carbocycles. The zero-order valence-electron chi connectivity index (χ0n) is 21.3. The number of rotatable bonds is 9. The second-order valence-electron chi connectivity index (χ2n) is 7.49. The zero-order valence-corrected chi connectivity index (χ0v) is 24.3. The van der Waals surface area contributed by atoms with E-state index in [-0.39, 0.29) is 23.8 Å². The van der Waals surface area contributed by atoms with Gasteiger partial charge in [-0.3, -0.25) is 14.4 Å². The fourth-order valence-electron chi connectivity index (χ4n) is 2.71. The third-order valence-electron chi connectivity index (χ3n) is 5.17. The largest absolute Gasteiger partial charge is 0.466 e. The van der Waals surface area contributed by atoms with E-state index in [9.17, 15) is 19.2 Å². The average molecular weight is 609 g/mol. The number of thiol groups is 1. The Bertz CT molecular complexity index is 687. The Morgan fingerprint density at radius 3 is 2.15 bits per heavy atom. The molecular formula is C26H41IO6S. The van der Waals surface area contributed by atoms with Gasteiger partial charge in [-0.25, -0.2) is 0 Å². The molecule has 0 aromatic carbocycles. The van der Waals surface area contributed by atoms with Crippen LogP contribution in [-0.2, 0) is 28.7 Å². The van der Waals surface area contributed by atoms with Crippen LogP contribution in [0.4, 0.5) is 0 Å². The molecule has 8 heteroatoms. The molecule has 0 spiro atoms. The summed E-state index contributed by atoms with van der Waals surface area (Å²) in [6.07, 6.45) is 14.2. The van der Waals surface area contributed by atoms with Gasteiger partial charge >= 0.3 is 11.9 Å². The fraction of sp³-hybridized carbons (Fsp3) is 0.538. The highest BCUT2D eigenvalue weighted by molar-refractivity contribution is 14.2. The second-order valence-corrected chi connectivity index (χ2v) is 7.49. The number of carbonyl (C=O) groups is 4. The minimum Gasteiger partial charge on any atom is -0.466 e. The van der Waals surface area contributed by atoms with Gasteiger partial charge in [-0.1, -0.05) is 56.9 Å². The SMILES string of the molecule is C/C=C(\C)C=O.C=C/C=C/CC(=O)OCC.CCOC(=O)C[C@@H]1C=CC[C@@H](C)[C@]1(C)C=O.SI. The van der Waals surface area contributed by atoms with E-state index in [1.807, 2.05) is 41.1 Å². The summed E-state index contributed by atoms with van der Waals surface area (Å²) in [7, 11) is 3.50. The van der Waals surface area contributed by atoms with Crippen LogP contribution < -0.4 is 0 Å². The predicted octanol–water partition coefficient (Wildman–Crippen LogP) is 6.46. The zero-order chi connectivity index (χ0) is 27.0. The Morgan fingerprint density at radius 2 is 1.74 bits per heavy atom. The lowest BCUT2D eigenvalue weighted by Gasteiger charge is -2.38. The van der Waals surface area contributed by atoms with Crippen molar-refractivity contribution in [3.63, 3.8) is 0 Å². The highest BCUT2D eigenvalue weighted by atomic mass is 127. The number of allylic oxidation sites excluding steroid dienone is 6. The Morgan fingerprint density at radius 1 is 1.18 bits per heavy atom. The van der Waals surface area contributed by atoms with Crippen molar-refractivity contribution in [2.45, 2.75) is 60.8 Å². The average Bonchev–Trinajstić information content (AvgIpc) is 2.84. The van der Waals surface area contributed by atoms with Gasteiger partial charge in [-0.05, 0) is 72.7 Å². The van der Waals surface area contributed by atoms with Gasteiger partial charge in [0, 0.05) is 5.41 Å². The summed E-state index contributed by atoms with van der Waals surface area (Å²) in [6.45, 7) is 15.5. The molecule has 1 rings (SSSR count). The number of halogens is 1. The lowest BCUT2D eigenvalue weighted by atomic mass is 9.64. The Hall–Kier alpha value is -1.68. The summed E-state index contributed by atoms with van der Waals surface area (Å²) in [5.74, 6) is -0.179. The minimum absolute atomic E-state index is 0.0344. The van der Waals surface area contributed by atoms with Crippen molar-refractivity contribution in [2.24, 2.45) is 17.3 Å². The molecule has 0 radical (unpaired) electrons. The van der Waals surface area contributed by atoms with E-state index in [0.717, 1.165) is 24.6 Å². The van der Waals surface area contributed by atoms with Crippen LogP contribution in [0.2, 0.25) is 0 Å². The Balaban J connectivity index is -0.000000457. The molecule has 0 amide bonds. The molecular weight excluding hydrogens is 567 g/mol. The van der Waals surface area contributed by atoms with Crippen molar-refractivity contribution >= 4 is 55.5 Å². The van der Waals surface area contributed by atoms with Crippen LogP contribution in [0.5, 0.6) is 0 Å². The summed E-state index contributed by atoms with van der Waals surface area (Å²) < 4.78 is 9.59. The van der Waals surface area contributed by atoms with Crippen molar-refractivity contribution in [3.05, 3.63) is 48.6 Å². The van der Waals surface area contributed by atoms with Gasteiger partial charge in [-0.15, -0.1) is 9.80 Å².